The smallest absolute Gasteiger partial charge is 0.297 e. The van der Waals surface area contributed by atoms with E-state index in [1.54, 1.807) is 34.2 Å². The highest BCUT2D eigenvalue weighted by Gasteiger charge is 2.18. The molecule has 0 unspecified atom stereocenters. The number of nitrogens with one attached hydrogen (secondary N) is 2. The van der Waals surface area contributed by atoms with Crippen molar-refractivity contribution in [2.45, 2.75) is 42.9 Å². The summed E-state index contributed by atoms with van der Waals surface area (Å²) in [5, 5.41) is 1.72. The van der Waals surface area contributed by atoms with Crippen LogP contribution in [0.3, 0.4) is 0 Å². The van der Waals surface area contributed by atoms with Crippen LogP contribution in [0, 0.1) is 0 Å². The van der Waals surface area contributed by atoms with Crippen molar-refractivity contribution in [3.63, 3.8) is 0 Å². The first-order valence-corrected chi connectivity index (χ1v) is 11.8. The topological polar surface area (TPSA) is 101 Å². The van der Waals surface area contributed by atoms with Crippen LogP contribution in [0.15, 0.2) is 55.6 Å². The Kier molecular flexibility index (Phi) is 5.42. The van der Waals surface area contributed by atoms with E-state index in [0.717, 1.165) is 47.4 Å². The van der Waals surface area contributed by atoms with Crippen LogP contribution in [0.25, 0.3) is 0 Å². The first-order chi connectivity index (χ1) is 13.9. The summed E-state index contributed by atoms with van der Waals surface area (Å²) < 4.78 is 29.1. The summed E-state index contributed by atoms with van der Waals surface area (Å²) in [7, 11) is -3.57. The van der Waals surface area contributed by atoms with Crippen molar-refractivity contribution >= 4 is 27.0 Å². The lowest BCUT2D eigenvalue weighted by Crippen LogP contribution is -2.37. The van der Waals surface area contributed by atoms with E-state index in [0.29, 0.717) is 25.1 Å². The molecule has 0 bridgehead atoms. The van der Waals surface area contributed by atoms with Crippen LogP contribution in [0.5, 0.6) is 0 Å². The highest BCUT2D eigenvalue weighted by atomic mass is 32.2. The van der Waals surface area contributed by atoms with Gasteiger partial charge in [0.15, 0.2) is 0 Å². The molecule has 2 N–H and O–H groups in total. The molecule has 2 aromatic heterocycles. The first kappa shape index (κ1) is 19.7. The monoisotopic (exact) mass is 431 g/mol. The van der Waals surface area contributed by atoms with E-state index < -0.39 is 10.0 Å². The Morgan fingerprint density at radius 3 is 2.55 bits per heavy atom. The number of benzene rings is 1. The van der Waals surface area contributed by atoms with Gasteiger partial charge >= 0.3 is 5.69 Å². The summed E-state index contributed by atoms with van der Waals surface area (Å²) in [5.74, 6) is 0. The number of thiophene rings is 1. The van der Waals surface area contributed by atoms with Gasteiger partial charge in [0, 0.05) is 23.5 Å². The molecule has 1 aliphatic rings. The normalized spacial score (nSPS) is 13.8. The molecule has 0 aliphatic heterocycles. The number of aryl methyl sites for hydroxylation is 1. The molecule has 29 heavy (non-hydrogen) atoms. The lowest BCUT2D eigenvalue weighted by atomic mass is 9.96. The van der Waals surface area contributed by atoms with Crippen LogP contribution in [0.2, 0.25) is 0 Å². The molecule has 0 amide bonds. The van der Waals surface area contributed by atoms with Gasteiger partial charge in [-0.15, -0.1) is 11.3 Å². The molecular weight excluding hydrogens is 410 g/mol. The third kappa shape index (κ3) is 4.20. The van der Waals surface area contributed by atoms with Gasteiger partial charge < -0.3 is 0 Å². The van der Waals surface area contributed by atoms with Gasteiger partial charge in [-0.1, -0.05) is 18.2 Å². The van der Waals surface area contributed by atoms with Crippen LogP contribution in [-0.2, 0) is 35.8 Å². The van der Waals surface area contributed by atoms with Gasteiger partial charge in [0.25, 0.3) is 15.6 Å². The lowest BCUT2D eigenvalue weighted by Gasteiger charge is -2.19. The number of rotatable bonds is 6. The SMILES string of the molecule is O=c1[nH]c(=O)n(CCc2ccc(NS(=O)(=O)c3cccs3)cc2)c2c1CCCC2. The van der Waals surface area contributed by atoms with Gasteiger partial charge in [0.1, 0.15) is 4.21 Å². The third-order valence-corrected chi connectivity index (χ3v) is 7.87. The zero-order valence-electron chi connectivity index (χ0n) is 15.7. The van der Waals surface area contributed by atoms with Gasteiger partial charge in [0.2, 0.25) is 0 Å². The van der Waals surface area contributed by atoms with E-state index in [1.807, 2.05) is 12.1 Å². The van der Waals surface area contributed by atoms with Gasteiger partial charge in [-0.2, -0.15) is 0 Å². The Balaban J connectivity index is 1.48. The molecule has 1 aliphatic carbocycles. The molecule has 0 saturated carbocycles. The summed E-state index contributed by atoms with van der Waals surface area (Å²) in [6.45, 7) is 0.470. The summed E-state index contributed by atoms with van der Waals surface area (Å²) in [5.41, 5.74) is 2.42. The Morgan fingerprint density at radius 2 is 1.83 bits per heavy atom. The molecule has 9 heteroatoms. The molecule has 3 aromatic rings. The van der Waals surface area contributed by atoms with E-state index in [9.17, 15) is 18.0 Å². The van der Waals surface area contributed by atoms with Gasteiger partial charge in [-0.05, 0) is 61.2 Å². The fourth-order valence-electron chi connectivity index (χ4n) is 3.63. The molecule has 7 nitrogen and oxygen atoms in total. The molecule has 2 heterocycles. The van der Waals surface area contributed by atoms with Crippen LogP contribution in [0.1, 0.15) is 29.7 Å². The van der Waals surface area contributed by atoms with Crippen molar-refractivity contribution in [1.82, 2.24) is 9.55 Å². The lowest BCUT2D eigenvalue weighted by molar-refractivity contribution is 0.552. The van der Waals surface area contributed by atoms with Crippen LogP contribution in [-0.4, -0.2) is 18.0 Å². The Morgan fingerprint density at radius 1 is 1.07 bits per heavy atom. The number of aromatic amines is 1. The summed E-state index contributed by atoms with van der Waals surface area (Å²) >= 11 is 1.16. The minimum atomic E-state index is -3.57. The number of sulfonamides is 1. The number of H-pyrrole nitrogens is 1. The fraction of sp³-hybridized carbons (Fsp3) is 0.300. The van der Waals surface area contributed by atoms with E-state index in [-0.39, 0.29) is 15.5 Å². The Labute approximate surface area is 172 Å². The minimum Gasteiger partial charge on any atom is -0.297 e. The predicted molar refractivity (Wildman–Crippen MR) is 113 cm³/mol. The largest absolute Gasteiger partial charge is 0.328 e. The maximum atomic E-state index is 12.3. The molecule has 0 radical (unpaired) electrons. The second kappa shape index (κ2) is 8.00. The number of anilines is 1. The number of fused-ring (bicyclic) bond motifs is 1. The van der Waals surface area contributed by atoms with Gasteiger partial charge in [-0.25, -0.2) is 13.2 Å². The molecule has 0 saturated heterocycles. The highest BCUT2D eigenvalue weighted by Crippen LogP contribution is 2.21. The van der Waals surface area contributed by atoms with Crippen molar-refractivity contribution in [3.05, 3.63) is 79.4 Å². The zero-order chi connectivity index (χ0) is 20.4. The second-order valence-electron chi connectivity index (χ2n) is 7.03. The summed E-state index contributed by atoms with van der Waals surface area (Å²) in [6.07, 6.45) is 4.02. The number of nitrogens with zero attached hydrogens (tertiary/aromatic N) is 1. The molecule has 4 rings (SSSR count). The zero-order valence-corrected chi connectivity index (χ0v) is 17.3. The van der Waals surface area contributed by atoms with Crippen molar-refractivity contribution in [2.24, 2.45) is 0 Å². The van der Waals surface area contributed by atoms with E-state index in [1.165, 1.54) is 0 Å². The van der Waals surface area contributed by atoms with Crippen molar-refractivity contribution < 1.29 is 8.42 Å². The maximum absolute atomic E-state index is 12.3. The number of hydrogen-bond donors (Lipinski definition) is 2. The molecule has 0 atom stereocenters. The van der Waals surface area contributed by atoms with E-state index in [4.69, 9.17) is 0 Å². The Hall–Kier alpha value is -2.65. The van der Waals surface area contributed by atoms with Gasteiger partial charge in [-0.3, -0.25) is 19.1 Å². The quantitative estimate of drug-likeness (QED) is 0.626. The van der Waals surface area contributed by atoms with Crippen molar-refractivity contribution in [3.8, 4) is 0 Å². The average Bonchev–Trinajstić information content (AvgIpc) is 3.25. The third-order valence-electron chi connectivity index (χ3n) is 5.09. The standard InChI is InChI=1S/C20H21N3O4S2/c24-19-16-4-1-2-5-17(16)23(20(25)21-19)12-11-14-7-9-15(10-8-14)22-29(26,27)18-6-3-13-28-18/h3,6-10,13,22H,1-2,4-5,11-12H2,(H,21,24,25). The van der Waals surface area contributed by atoms with Crippen LogP contribution >= 0.6 is 11.3 Å². The fourth-order valence-corrected chi connectivity index (χ4v) is 5.68. The number of hydrogen-bond acceptors (Lipinski definition) is 5. The minimum absolute atomic E-state index is 0.261. The first-order valence-electron chi connectivity index (χ1n) is 9.44. The maximum Gasteiger partial charge on any atom is 0.328 e. The summed E-state index contributed by atoms with van der Waals surface area (Å²) in [6, 6.07) is 10.4. The van der Waals surface area contributed by atoms with Gasteiger partial charge in [0.05, 0.1) is 0 Å². The molecule has 152 valence electrons. The average molecular weight is 432 g/mol. The van der Waals surface area contributed by atoms with Crippen LogP contribution < -0.4 is 16.0 Å². The summed E-state index contributed by atoms with van der Waals surface area (Å²) in [4.78, 5) is 26.7. The molecule has 1 aromatic carbocycles. The second-order valence-corrected chi connectivity index (χ2v) is 9.88. The van der Waals surface area contributed by atoms with E-state index in [2.05, 4.69) is 9.71 Å². The number of aromatic nitrogens is 2. The molecule has 0 fully saturated rings. The Bertz CT molecular complexity index is 1220. The van der Waals surface area contributed by atoms with Crippen molar-refractivity contribution in [2.75, 3.05) is 4.72 Å². The molecular formula is C20H21N3O4S2. The van der Waals surface area contributed by atoms with Crippen LogP contribution in [0.4, 0.5) is 5.69 Å². The van der Waals surface area contributed by atoms with E-state index >= 15 is 0 Å². The highest BCUT2D eigenvalue weighted by molar-refractivity contribution is 7.94. The predicted octanol–water partition coefficient (Wildman–Crippen LogP) is 2.52. The molecule has 0 spiro atoms. The van der Waals surface area contributed by atoms with Crippen molar-refractivity contribution in [1.29, 1.82) is 0 Å².